The van der Waals surface area contributed by atoms with E-state index < -0.39 is 0 Å². The van der Waals surface area contributed by atoms with E-state index in [0.29, 0.717) is 21.3 Å². The lowest BCUT2D eigenvalue weighted by atomic mass is 10.1. The minimum atomic E-state index is -0.295. The lowest BCUT2D eigenvalue weighted by molar-refractivity contribution is 0.622. The zero-order valence-electron chi connectivity index (χ0n) is 10.8. The number of rotatable bonds is 2. The third-order valence-corrected chi connectivity index (χ3v) is 4.17. The number of nitrogens with zero attached hydrogens (tertiary/aromatic N) is 1. The zero-order chi connectivity index (χ0) is 14.3. The highest BCUT2D eigenvalue weighted by molar-refractivity contribution is 9.10. The molecule has 0 aliphatic heterocycles. The van der Waals surface area contributed by atoms with Crippen molar-refractivity contribution in [1.82, 2.24) is 9.55 Å². The highest BCUT2D eigenvalue weighted by Crippen LogP contribution is 2.24. The molecule has 0 fully saturated rings. The van der Waals surface area contributed by atoms with Crippen LogP contribution in [-0.4, -0.2) is 9.55 Å². The standard InChI is InChI=1S/C15H12BrFN2S/c1-9-3-2-4-10(5-9)8-19-14-6-11(16)12(17)7-13(14)18-15(19)20/h2-7H,8H2,1H3,(H,18,20). The van der Waals surface area contributed by atoms with Gasteiger partial charge in [-0.25, -0.2) is 4.39 Å². The second kappa shape index (κ2) is 5.14. The first-order chi connectivity index (χ1) is 9.54. The second-order valence-corrected chi connectivity index (χ2v) is 6.03. The van der Waals surface area contributed by atoms with Crippen LogP contribution in [0.4, 0.5) is 4.39 Å². The molecule has 5 heteroatoms. The van der Waals surface area contributed by atoms with Gasteiger partial charge in [-0.15, -0.1) is 0 Å². The van der Waals surface area contributed by atoms with Gasteiger partial charge < -0.3 is 9.55 Å². The molecule has 1 heterocycles. The van der Waals surface area contributed by atoms with Gasteiger partial charge in [-0.05, 0) is 46.7 Å². The van der Waals surface area contributed by atoms with Gasteiger partial charge in [0.2, 0.25) is 0 Å². The summed E-state index contributed by atoms with van der Waals surface area (Å²) in [6.07, 6.45) is 0. The summed E-state index contributed by atoms with van der Waals surface area (Å²) < 4.78 is 16.6. The molecule has 0 saturated carbocycles. The third-order valence-electron chi connectivity index (χ3n) is 3.24. The van der Waals surface area contributed by atoms with Crippen LogP contribution in [-0.2, 0) is 6.54 Å². The Kier molecular flexibility index (Phi) is 3.48. The van der Waals surface area contributed by atoms with Crippen LogP contribution in [0.5, 0.6) is 0 Å². The predicted molar refractivity (Wildman–Crippen MR) is 85.1 cm³/mol. The summed E-state index contributed by atoms with van der Waals surface area (Å²) >= 11 is 8.56. The first kappa shape index (κ1) is 13.5. The van der Waals surface area contributed by atoms with E-state index in [0.717, 1.165) is 5.52 Å². The highest BCUT2D eigenvalue weighted by atomic mass is 79.9. The SMILES string of the molecule is Cc1cccc(Cn2c(=S)[nH]c3cc(F)c(Br)cc32)c1. The number of fused-ring (bicyclic) bond motifs is 1. The fourth-order valence-electron chi connectivity index (χ4n) is 2.30. The molecule has 0 atom stereocenters. The molecular weight excluding hydrogens is 339 g/mol. The number of hydrogen-bond acceptors (Lipinski definition) is 1. The van der Waals surface area contributed by atoms with E-state index in [4.69, 9.17) is 12.2 Å². The summed E-state index contributed by atoms with van der Waals surface area (Å²) in [6.45, 7) is 2.72. The quantitative estimate of drug-likeness (QED) is 0.648. The van der Waals surface area contributed by atoms with Gasteiger partial charge in [0.25, 0.3) is 0 Å². The second-order valence-electron chi connectivity index (χ2n) is 4.79. The molecule has 0 saturated heterocycles. The molecule has 1 aromatic heterocycles. The summed E-state index contributed by atoms with van der Waals surface area (Å²) in [6, 6.07) is 11.5. The van der Waals surface area contributed by atoms with Crippen molar-refractivity contribution in [2.24, 2.45) is 0 Å². The first-order valence-corrected chi connectivity index (χ1v) is 7.38. The minimum absolute atomic E-state index is 0.295. The van der Waals surface area contributed by atoms with Crippen molar-refractivity contribution in [2.45, 2.75) is 13.5 Å². The molecule has 20 heavy (non-hydrogen) atoms. The van der Waals surface area contributed by atoms with Crippen LogP contribution in [0.1, 0.15) is 11.1 Å². The topological polar surface area (TPSA) is 20.7 Å². The molecule has 2 aromatic carbocycles. The van der Waals surface area contributed by atoms with Crippen LogP contribution in [0.3, 0.4) is 0 Å². The summed E-state index contributed by atoms with van der Waals surface area (Å²) in [5.41, 5.74) is 3.98. The Hall–Kier alpha value is -1.46. The number of aromatic nitrogens is 2. The van der Waals surface area contributed by atoms with E-state index in [1.54, 1.807) is 6.07 Å². The van der Waals surface area contributed by atoms with Crippen LogP contribution in [0.15, 0.2) is 40.9 Å². The fraction of sp³-hybridized carbons (Fsp3) is 0.133. The number of aromatic amines is 1. The van der Waals surface area contributed by atoms with Crippen LogP contribution in [0.2, 0.25) is 0 Å². The van der Waals surface area contributed by atoms with Crippen molar-refractivity contribution in [1.29, 1.82) is 0 Å². The average Bonchev–Trinajstić information content (AvgIpc) is 2.67. The lowest BCUT2D eigenvalue weighted by Gasteiger charge is -2.06. The summed E-state index contributed by atoms with van der Waals surface area (Å²) in [4.78, 5) is 3.05. The summed E-state index contributed by atoms with van der Waals surface area (Å²) in [5.74, 6) is -0.295. The first-order valence-electron chi connectivity index (χ1n) is 6.18. The van der Waals surface area contributed by atoms with Gasteiger partial charge in [0.15, 0.2) is 4.77 Å². The number of H-pyrrole nitrogens is 1. The van der Waals surface area contributed by atoms with E-state index >= 15 is 0 Å². The van der Waals surface area contributed by atoms with Crippen molar-refractivity contribution in [3.63, 3.8) is 0 Å². The van der Waals surface area contributed by atoms with E-state index in [1.807, 2.05) is 10.6 Å². The molecule has 1 N–H and O–H groups in total. The average molecular weight is 351 g/mol. The Labute approximate surface area is 129 Å². The maximum absolute atomic E-state index is 13.6. The molecule has 3 rings (SSSR count). The number of imidazole rings is 1. The molecule has 0 unspecified atom stereocenters. The molecule has 0 aliphatic carbocycles. The van der Waals surface area contributed by atoms with Crippen molar-refractivity contribution in [2.75, 3.05) is 0 Å². The number of nitrogens with one attached hydrogen (secondary N) is 1. The predicted octanol–water partition coefficient (Wildman–Crippen LogP) is 4.96. The highest BCUT2D eigenvalue weighted by Gasteiger charge is 2.09. The zero-order valence-corrected chi connectivity index (χ0v) is 13.2. The molecule has 3 aromatic rings. The Bertz CT molecular complexity index is 851. The molecule has 102 valence electrons. The van der Waals surface area contributed by atoms with Gasteiger partial charge in [-0.1, -0.05) is 29.8 Å². The van der Waals surface area contributed by atoms with Gasteiger partial charge in [-0.3, -0.25) is 0 Å². The van der Waals surface area contributed by atoms with E-state index in [2.05, 4.69) is 46.0 Å². The normalized spacial score (nSPS) is 11.2. The number of hydrogen-bond donors (Lipinski definition) is 1. The van der Waals surface area contributed by atoms with Gasteiger partial charge in [0.1, 0.15) is 5.82 Å². The Balaban J connectivity index is 2.14. The van der Waals surface area contributed by atoms with Crippen molar-refractivity contribution < 1.29 is 4.39 Å². The van der Waals surface area contributed by atoms with Crippen molar-refractivity contribution in [3.05, 3.63) is 62.6 Å². The molecule has 2 nitrogen and oxygen atoms in total. The molecule has 0 spiro atoms. The lowest BCUT2D eigenvalue weighted by Crippen LogP contribution is -2.00. The Morgan fingerprint density at radius 3 is 2.85 bits per heavy atom. The van der Waals surface area contributed by atoms with Gasteiger partial charge in [0.05, 0.1) is 22.1 Å². The van der Waals surface area contributed by atoms with Crippen LogP contribution in [0, 0.1) is 17.5 Å². The van der Waals surface area contributed by atoms with Crippen molar-refractivity contribution >= 4 is 39.2 Å². The summed E-state index contributed by atoms with van der Waals surface area (Å²) in [5, 5.41) is 0. The van der Waals surface area contributed by atoms with Gasteiger partial charge in [-0.2, -0.15) is 0 Å². The van der Waals surface area contributed by atoms with Crippen LogP contribution in [0.25, 0.3) is 11.0 Å². The fourth-order valence-corrected chi connectivity index (χ4v) is 2.91. The van der Waals surface area contributed by atoms with E-state index in [-0.39, 0.29) is 5.82 Å². The molecule has 0 amide bonds. The van der Waals surface area contributed by atoms with Gasteiger partial charge in [0, 0.05) is 6.07 Å². The monoisotopic (exact) mass is 350 g/mol. The van der Waals surface area contributed by atoms with Crippen LogP contribution < -0.4 is 0 Å². The minimum Gasteiger partial charge on any atom is -0.330 e. The Morgan fingerprint density at radius 2 is 2.10 bits per heavy atom. The Morgan fingerprint density at radius 1 is 1.30 bits per heavy atom. The molecule has 0 aliphatic rings. The largest absolute Gasteiger partial charge is 0.330 e. The molecule has 0 radical (unpaired) electrons. The van der Waals surface area contributed by atoms with E-state index in [1.165, 1.54) is 17.2 Å². The smallest absolute Gasteiger partial charge is 0.178 e. The van der Waals surface area contributed by atoms with Crippen LogP contribution >= 0.6 is 28.1 Å². The van der Waals surface area contributed by atoms with Crippen molar-refractivity contribution in [3.8, 4) is 0 Å². The number of benzene rings is 2. The maximum atomic E-state index is 13.6. The summed E-state index contributed by atoms with van der Waals surface area (Å²) in [7, 11) is 0. The van der Waals surface area contributed by atoms with E-state index in [9.17, 15) is 4.39 Å². The van der Waals surface area contributed by atoms with Gasteiger partial charge >= 0.3 is 0 Å². The number of halogens is 2. The molecular formula is C15H12BrFN2S. The third kappa shape index (κ3) is 2.43. The molecule has 0 bridgehead atoms. The maximum Gasteiger partial charge on any atom is 0.178 e. The number of aryl methyl sites for hydroxylation is 1.